The lowest BCUT2D eigenvalue weighted by atomic mass is 9.78. The Morgan fingerprint density at radius 1 is 0.489 bits per heavy atom. The van der Waals surface area contributed by atoms with Crippen molar-refractivity contribution in [2.24, 2.45) is 0 Å². The third-order valence-electron chi connectivity index (χ3n) is 9.17. The lowest BCUT2D eigenvalue weighted by Crippen LogP contribution is -2.18. The van der Waals surface area contributed by atoms with Gasteiger partial charge in [-0.1, -0.05) is 129 Å². The Morgan fingerprint density at radius 3 is 1.64 bits per heavy atom. The highest BCUT2D eigenvalue weighted by atomic mass is 15.1. The van der Waals surface area contributed by atoms with E-state index in [1.54, 1.807) is 0 Å². The average Bonchev–Trinajstić information content (AvgIpc) is 3.51. The van der Waals surface area contributed by atoms with E-state index in [1.165, 1.54) is 11.1 Å². The molecule has 226 valence electrons. The van der Waals surface area contributed by atoms with Crippen LogP contribution >= 0.6 is 0 Å². The van der Waals surface area contributed by atoms with E-state index in [0.29, 0.717) is 5.56 Å². The molecule has 0 spiro atoms. The highest BCUT2D eigenvalue weighted by Crippen LogP contribution is 2.41. The summed E-state index contributed by atoms with van der Waals surface area (Å²) in [5.41, 5.74) is 8.97. The molecular formula is C45H36N2. The zero-order valence-electron chi connectivity index (χ0n) is 31.3. The molecule has 0 atom stereocenters. The summed E-state index contributed by atoms with van der Waals surface area (Å²) in [5.74, 6) is 0. The second-order valence-corrected chi connectivity index (χ2v) is 12.3. The van der Waals surface area contributed by atoms with Crippen LogP contribution < -0.4 is 4.90 Å². The quantitative estimate of drug-likeness (QED) is 0.174. The zero-order valence-corrected chi connectivity index (χ0v) is 26.3. The molecule has 8 aromatic rings. The second kappa shape index (κ2) is 11.8. The van der Waals surface area contributed by atoms with Gasteiger partial charge in [0.15, 0.2) is 0 Å². The van der Waals surface area contributed by atoms with Gasteiger partial charge in [0.2, 0.25) is 0 Å². The van der Waals surface area contributed by atoms with Gasteiger partial charge in [0.25, 0.3) is 0 Å². The maximum atomic E-state index is 8.71. The summed E-state index contributed by atoms with van der Waals surface area (Å²) in [4.78, 5) is 2.22. The molecule has 0 aliphatic carbocycles. The van der Waals surface area contributed by atoms with Gasteiger partial charge in [0.1, 0.15) is 0 Å². The first-order valence-electron chi connectivity index (χ1n) is 18.4. The van der Waals surface area contributed by atoms with E-state index in [0.717, 1.165) is 44.6 Å². The summed E-state index contributed by atoms with van der Waals surface area (Å²) < 4.78 is 44.5. The molecule has 1 aromatic heterocycles. The van der Waals surface area contributed by atoms with Gasteiger partial charge in [-0.2, -0.15) is 0 Å². The molecule has 8 rings (SSSR count). The minimum Gasteiger partial charge on any atom is -0.310 e. The molecule has 0 saturated heterocycles. The van der Waals surface area contributed by atoms with Crippen LogP contribution in [-0.4, -0.2) is 4.57 Å². The summed E-state index contributed by atoms with van der Waals surface area (Å²) in [7, 11) is 0. The first-order valence-corrected chi connectivity index (χ1v) is 15.9. The molecule has 0 fully saturated rings. The molecule has 0 bridgehead atoms. The molecule has 7 aromatic carbocycles. The normalized spacial score (nSPS) is 13.1. The van der Waals surface area contributed by atoms with Gasteiger partial charge >= 0.3 is 0 Å². The number of hydrogen-bond donors (Lipinski definition) is 0. The standard InChI is InChI=1S/C45H36N2/c1-45(2,35-17-9-4-10-18-35)36-24-26-39(27-25-36)47-43-29-23-34(33-15-7-3-8-16-33)31-41(43)42-32-40(28-30-44(42)47)46(37-19-11-5-12-20-37)38-21-13-6-14-22-38/h3-32H,1-2H3/i3D,7D,8D,15D,16D. The highest BCUT2D eigenvalue weighted by Gasteiger charge is 2.23. The summed E-state index contributed by atoms with van der Waals surface area (Å²) in [6.07, 6.45) is 0. The van der Waals surface area contributed by atoms with E-state index in [1.807, 2.05) is 60.7 Å². The van der Waals surface area contributed by atoms with Crippen LogP contribution in [0.3, 0.4) is 0 Å². The smallest absolute Gasteiger partial charge is 0.0629 e. The number of anilines is 3. The number of benzene rings is 7. The van der Waals surface area contributed by atoms with Crippen LogP contribution in [0, 0.1) is 0 Å². The first kappa shape index (κ1) is 23.5. The number of hydrogen-bond acceptors (Lipinski definition) is 1. The Kier molecular flexibility index (Phi) is 5.90. The van der Waals surface area contributed by atoms with Crippen molar-refractivity contribution in [1.29, 1.82) is 0 Å². The number of rotatable bonds is 7. The van der Waals surface area contributed by atoms with Gasteiger partial charge in [-0.25, -0.2) is 0 Å². The minimum absolute atomic E-state index is 0.188. The minimum atomic E-state index is -0.401. The fraction of sp³-hybridized carbons (Fsp3) is 0.0667. The summed E-state index contributed by atoms with van der Waals surface area (Å²) in [6, 6.07) is 50.5. The van der Waals surface area contributed by atoms with Gasteiger partial charge in [-0.3, -0.25) is 0 Å². The number of nitrogens with zero attached hydrogens (tertiary/aromatic N) is 2. The van der Waals surface area contributed by atoms with Gasteiger partial charge in [-0.15, -0.1) is 0 Å². The molecule has 0 amide bonds. The molecule has 0 radical (unpaired) electrons. The molecule has 0 aliphatic rings. The maximum absolute atomic E-state index is 8.71. The molecule has 1 heterocycles. The van der Waals surface area contributed by atoms with Crippen molar-refractivity contribution in [2.45, 2.75) is 19.3 Å². The SMILES string of the molecule is [2H]c1c([2H])c([2H])c(-c2ccc3c(c2)c2cc(N(c4ccccc4)c4ccccc4)ccc2n3-c2ccc(C(C)(C)c3ccccc3)cc2)c([2H])c1[2H]. The second-order valence-electron chi connectivity index (χ2n) is 12.3. The molecule has 0 aliphatic heterocycles. The predicted octanol–water partition coefficient (Wildman–Crippen LogP) is 12.2. The number of para-hydroxylation sites is 2. The van der Waals surface area contributed by atoms with Crippen LogP contribution in [0.2, 0.25) is 0 Å². The lowest BCUT2D eigenvalue weighted by Gasteiger charge is -2.26. The largest absolute Gasteiger partial charge is 0.310 e. The van der Waals surface area contributed by atoms with E-state index in [9.17, 15) is 0 Å². The molecule has 2 heteroatoms. The summed E-state index contributed by atoms with van der Waals surface area (Å²) >= 11 is 0. The molecule has 0 N–H and O–H groups in total. The van der Waals surface area contributed by atoms with Crippen molar-refractivity contribution in [3.63, 3.8) is 0 Å². The van der Waals surface area contributed by atoms with Gasteiger partial charge in [0.05, 0.1) is 17.9 Å². The Labute approximate surface area is 283 Å². The average molecular weight is 610 g/mol. The van der Waals surface area contributed by atoms with Crippen molar-refractivity contribution in [1.82, 2.24) is 4.57 Å². The van der Waals surface area contributed by atoms with Crippen LogP contribution in [-0.2, 0) is 5.41 Å². The Bertz CT molecular complexity index is 2510. The summed E-state index contributed by atoms with van der Waals surface area (Å²) in [5, 5.41) is 1.89. The molecular weight excluding hydrogens is 569 g/mol. The van der Waals surface area contributed by atoms with Crippen LogP contribution in [0.1, 0.15) is 31.8 Å². The fourth-order valence-corrected chi connectivity index (χ4v) is 6.63. The summed E-state index contributed by atoms with van der Waals surface area (Å²) in [6.45, 7) is 4.48. The molecule has 0 saturated carbocycles. The van der Waals surface area contributed by atoms with Gasteiger partial charge in [0, 0.05) is 38.9 Å². The maximum Gasteiger partial charge on any atom is 0.0629 e. The van der Waals surface area contributed by atoms with E-state index in [2.05, 4.69) is 114 Å². The van der Waals surface area contributed by atoms with E-state index in [4.69, 9.17) is 6.85 Å². The topological polar surface area (TPSA) is 8.17 Å². The highest BCUT2D eigenvalue weighted by molar-refractivity contribution is 6.11. The van der Waals surface area contributed by atoms with Crippen molar-refractivity contribution in [3.8, 4) is 16.8 Å². The van der Waals surface area contributed by atoms with Gasteiger partial charge in [-0.05, 0) is 89.0 Å². The molecule has 0 unspecified atom stereocenters. The monoisotopic (exact) mass is 609 g/mol. The Balaban J connectivity index is 1.36. The van der Waals surface area contributed by atoms with E-state index in [-0.39, 0.29) is 35.1 Å². The third kappa shape index (κ3) is 5.18. The molecule has 2 nitrogen and oxygen atoms in total. The van der Waals surface area contributed by atoms with Crippen LogP contribution in [0.5, 0.6) is 0 Å². The van der Waals surface area contributed by atoms with Crippen LogP contribution in [0.15, 0.2) is 182 Å². The fourth-order valence-electron chi connectivity index (χ4n) is 6.63. The van der Waals surface area contributed by atoms with E-state index >= 15 is 0 Å². The number of aromatic nitrogens is 1. The van der Waals surface area contributed by atoms with Crippen molar-refractivity contribution < 1.29 is 6.85 Å². The number of fused-ring (bicyclic) bond motifs is 3. The van der Waals surface area contributed by atoms with Crippen molar-refractivity contribution in [3.05, 3.63) is 193 Å². The van der Waals surface area contributed by atoms with E-state index < -0.39 is 6.04 Å². The van der Waals surface area contributed by atoms with Crippen molar-refractivity contribution in [2.75, 3.05) is 4.90 Å². The van der Waals surface area contributed by atoms with Crippen LogP contribution in [0.4, 0.5) is 17.1 Å². The van der Waals surface area contributed by atoms with Crippen molar-refractivity contribution >= 4 is 38.9 Å². The Morgan fingerprint density at radius 2 is 1.02 bits per heavy atom. The predicted molar refractivity (Wildman–Crippen MR) is 199 cm³/mol. The first-order chi connectivity index (χ1) is 25.1. The lowest BCUT2D eigenvalue weighted by molar-refractivity contribution is 0.641. The third-order valence-corrected chi connectivity index (χ3v) is 9.17. The zero-order chi connectivity index (χ0) is 36.1. The van der Waals surface area contributed by atoms with Gasteiger partial charge < -0.3 is 9.47 Å². The Hall–Kier alpha value is -5.86. The van der Waals surface area contributed by atoms with Crippen LogP contribution in [0.25, 0.3) is 38.6 Å². The molecule has 47 heavy (non-hydrogen) atoms.